The van der Waals surface area contributed by atoms with E-state index in [1.807, 2.05) is 44.4 Å². The summed E-state index contributed by atoms with van der Waals surface area (Å²) in [4.78, 5) is 47.2. The van der Waals surface area contributed by atoms with Gasteiger partial charge in [0.05, 0.1) is 19.8 Å². The molecule has 10 nitrogen and oxygen atoms in total. The fraction of sp³-hybridized carbons (Fsp3) is 0.763. The van der Waals surface area contributed by atoms with Crippen molar-refractivity contribution >= 4 is 17.9 Å². The van der Waals surface area contributed by atoms with Crippen molar-refractivity contribution < 1.29 is 33.3 Å². The molecule has 0 radical (unpaired) electrons. The molecule has 10 heteroatoms. The van der Waals surface area contributed by atoms with E-state index in [1.54, 1.807) is 32.4 Å². The minimum absolute atomic E-state index is 0.0722. The first-order valence-corrected chi connectivity index (χ1v) is 18.3. The second-order valence-corrected chi connectivity index (χ2v) is 15.2. The lowest BCUT2D eigenvalue weighted by molar-refractivity contribution is -0.133. The molecule has 3 amide bonds. The lowest BCUT2D eigenvalue weighted by Gasteiger charge is -2.45. The molecule has 2 aliphatic carbocycles. The number of hydrogen-bond acceptors (Lipinski definition) is 7. The van der Waals surface area contributed by atoms with Crippen LogP contribution in [0.5, 0.6) is 11.5 Å². The van der Waals surface area contributed by atoms with E-state index in [9.17, 15) is 14.4 Å². The number of rotatable bonds is 15. The molecule has 2 saturated carbocycles. The number of piperidine rings is 1. The number of carbonyl (C=O) groups excluding carboxylic acids is 3. The zero-order valence-corrected chi connectivity index (χ0v) is 30.6. The van der Waals surface area contributed by atoms with Gasteiger partial charge in [0.25, 0.3) is 5.91 Å². The number of nitrogens with zero attached hydrogens (tertiary/aromatic N) is 3. The van der Waals surface area contributed by atoms with Crippen molar-refractivity contribution in [2.24, 2.45) is 5.92 Å². The van der Waals surface area contributed by atoms with Crippen LogP contribution in [-0.2, 0) is 14.3 Å². The topological polar surface area (TPSA) is 97.9 Å². The highest BCUT2D eigenvalue weighted by Crippen LogP contribution is 2.34. The average Bonchev–Trinajstić information content (AvgIpc) is 3.88. The van der Waals surface area contributed by atoms with Gasteiger partial charge in [0.2, 0.25) is 5.91 Å². The third kappa shape index (κ3) is 10.7. The van der Waals surface area contributed by atoms with E-state index in [2.05, 4.69) is 4.90 Å². The smallest absolute Gasteiger partial charge is 0.410 e. The van der Waals surface area contributed by atoms with Crippen molar-refractivity contribution in [1.82, 2.24) is 14.7 Å². The SMILES string of the molecule is COCCCOc1cc(C(=O)N(C(C)C)[C@@H]2CC[C@H](CCN(C(=O)CC3CCCCC3)C3CC3)N(C(=O)OC(C)(C)C)C2)ccc1OC. The Kier molecular flexibility index (Phi) is 13.9. The van der Waals surface area contributed by atoms with Crippen LogP contribution in [0.25, 0.3) is 0 Å². The summed E-state index contributed by atoms with van der Waals surface area (Å²) in [6.45, 7) is 11.7. The lowest BCUT2D eigenvalue weighted by atomic mass is 9.86. The van der Waals surface area contributed by atoms with Crippen molar-refractivity contribution in [2.75, 3.05) is 40.5 Å². The Morgan fingerprint density at radius 2 is 1.62 bits per heavy atom. The normalized spacial score (nSPS) is 20.4. The fourth-order valence-corrected chi connectivity index (χ4v) is 7.30. The van der Waals surface area contributed by atoms with Crippen LogP contribution < -0.4 is 9.47 Å². The van der Waals surface area contributed by atoms with Gasteiger partial charge in [-0.2, -0.15) is 0 Å². The van der Waals surface area contributed by atoms with Crippen molar-refractivity contribution in [3.8, 4) is 11.5 Å². The molecule has 3 fully saturated rings. The second kappa shape index (κ2) is 17.6. The number of ether oxygens (including phenoxy) is 4. The van der Waals surface area contributed by atoms with Crippen molar-refractivity contribution in [3.63, 3.8) is 0 Å². The van der Waals surface area contributed by atoms with Crippen LogP contribution in [0.1, 0.15) is 122 Å². The van der Waals surface area contributed by atoms with Gasteiger partial charge < -0.3 is 33.6 Å². The van der Waals surface area contributed by atoms with E-state index >= 15 is 0 Å². The third-order valence-electron chi connectivity index (χ3n) is 9.85. The second-order valence-electron chi connectivity index (χ2n) is 15.2. The Morgan fingerprint density at radius 1 is 0.917 bits per heavy atom. The minimum Gasteiger partial charge on any atom is -0.493 e. The van der Waals surface area contributed by atoms with Crippen LogP contribution in [0.2, 0.25) is 0 Å². The summed E-state index contributed by atoms with van der Waals surface area (Å²) in [5, 5.41) is 0. The minimum atomic E-state index is -0.652. The molecule has 1 aromatic carbocycles. The largest absolute Gasteiger partial charge is 0.493 e. The zero-order chi connectivity index (χ0) is 34.8. The molecule has 0 unspecified atom stereocenters. The van der Waals surface area contributed by atoms with Crippen molar-refractivity contribution in [3.05, 3.63) is 23.8 Å². The van der Waals surface area contributed by atoms with Gasteiger partial charge in [0, 0.05) is 63.3 Å². The molecule has 0 aromatic heterocycles. The molecule has 0 N–H and O–H groups in total. The van der Waals surface area contributed by atoms with Crippen LogP contribution >= 0.6 is 0 Å². The van der Waals surface area contributed by atoms with Crippen molar-refractivity contribution in [2.45, 2.75) is 141 Å². The Balaban J connectivity index is 1.49. The summed E-state index contributed by atoms with van der Waals surface area (Å²) in [5.74, 6) is 1.75. The number of likely N-dealkylation sites (tertiary alicyclic amines) is 1. The molecule has 2 atom stereocenters. The summed E-state index contributed by atoms with van der Waals surface area (Å²) in [7, 11) is 3.24. The molecular formula is C38H61N3O7. The molecule has 4 rings (SSSR count). The quantitative estimate of drug-likeness (QED) is 0.184. The maximum absolute atomic E-state index is 14.2. The number of hydrogen-bond donors (Lipinski definition) is 0. The first-order chi connectivity index (χ1) is 22.9. The summed E-state index contributed by atoms with van der Waals surface area (Å²) < 4.78 is 22.5. The summed E-state index contributed by atoms with van der Waals surface area (Å²) >= 11 is 0. The van der Waals surface area contributed by atoms with E-state index in [1.165, 1.54) is 19.3 Å². The Bertz CT molecular complexity index is 1210. The van der Waals surface area contributed by atoms with Gasteiger partial charge in [-0.05, 0) is 104 Å². The third-order valence-corrected chi connectivity index (χ3v) is 9.85. The van der Waals surface area contributed by atoms with Crippen LogP contribution in [-0.4, -0.2) is 103 Å². The molecule has 1 saturated heterocycles. The number of carbonyl (C=O) groups is 3. The highest BCUT2D eigenvalue weighted by atomic mass is 16.6. The maximum atomic E-state index is 14.2. The van der Waals surface area contributed by atoms with Crippen LogP contribution in [0.4, 0.5) is 4.79 Å². The molecular weight excluding hydrogens is 610 g/mol. The zero-order valence-electron chi connectivity index (χ0n) is 30.6. The Labute approximate surface area is 288 Å². The summed E-state index contributed by atoms with van der Waals surface area (Å²) in [6.07, 6.45) is 11.4. The standard InChI is InChI=1S/C38H61N3O7/c1-27(2)41(36(43)29-14-19-33(46-7)34(25-29)47-23-11-22-45-6)32-18-17-31(40(26-32)37(44)48-38(3,4)5)20-21-39(30-15-16-30)35(42)24-28-12-9-8-10-13-28/h14,19,25,27-28,30-32H,8-13,15-18,20-24,26H2,1-7H3/t31-,32-/m1/s1. The van der Waals surface area contributed by atoms with E-state index in [4.69, 9.17) is 18.9 Å². The van der Waals surface area contributed by atoms with E-state index in [0.29, 0.717) is 74.6 Å². The molecule has 0 bridgehead atoms. The number of methoxy groups -OCH3 is 2. The van der Waals surface area contributed by atoms with Gasteiger partial charge in [-0.1, -0.05) is 19.3 Å². The highest BCUT2D eigenvalue weighted by molar-refractivity contribution is 5.95. The first kappa shape index (κ1) is 37.8. The van der Waals surface area contributed by atoms with E-state index in [0.717, 1.165) is 38.5 Å². The van der Waals surface area contributed by atoms with Gasteiger partial charge in [-0.15, -0.1) is 0 Å². The number of benzene rings is 1. The van der Waals surface area contributed by atoms with Crippen LogP contribution in [0.3, 0.4) is 0 Å². The maximum Gasteiger partial charge on any atom is 0.410 e. The lowest BCUT2D eigenvalue weighted by Crippen LogP contribution is -2.58. The fourth-order valence-electron chi connectivity index (χ4n) is 7.30. The van der Waals surface area contributed by atoms with E-state index in [-0.39, 0.29) is 36.0 Å². The molecule has 1 heterocycles. The van der Waals surface area contributed by atoms with Crippen LogP contribution in [0, 0.1) is 5.92 Å². The van der Waals surface area contributed by atoms with Crippen molar-refractivity contribution in [1.29, 1.82) is 0 Å². The van der Waals surface area contributed by atoms with Gasteiger partial charge in [-0.3, -0.25) is 9.59 Å². The molecule has 1 aliphatic heterocycles. The Morgan fingerprint density at radius 3 is 2.25 bits per heavy atom. The Hall–Kier alpha value is -3.01. The highest BCUT2D eigenvalue weighted by Gasteiger charge is 2.40. The monoisotopic (exact) mass is 671 g/mol. The predicted molar refractivity (Wildman–Crippen MR) is 187 cm³/mol. The first-order valence-electron chi connectivity index (χ1n) is 18.3. The van der Waals surface area contributed by atoms with Gasteiger partial charge in [0.15, 0.2) is 11.5 Å². The van der Waals surface area contributed by atoms with Crippen LogP contribution in [0.15, 0.2) is 18.2 Å². The number of amides is 3. The molecule has 1 aromatic rings. The summed E-state index contributed by atoms with van der Waals surface area (Å²) in [5.41, 5.74) is -0.144. The van der Waals surface area contributed by atoms with Gasteiger partial charge in [0.1, 0.15) is 5.60 Å². The van der Waals surface area contributed by atoms with Gasteiger partial charge in [-0.25, -0.2) is 4.79 Å². The van der Waals surface area contributed by atoms with E-state index < -0.39 is 5.60 Å². The molecule has 48 heavy (non-hydrogen) atoms. The molecule has 270 valence electrons. The van der Waals surface area contributed by atoms with Gasteiger partial charge >= 0.3 is 6.09 Å². The average molecular weight is 672 g/mol. The predicted octanol–water partition coefficient (Wildman–Crippen LogP) is 7.08. The molecule has 0 spiro atoms. The summed E-state index contributed by atoms with van der Waals surface area (Å²) in [6, 6.07) is 5.25. The molecule has 3 aliphatic rings.